The average Bonchev–Trinajstić information content (AvgIpc) is 2.88. The lowest BCUT2D eigenvalue weighted by molar-refractivity contribution is -0.154. The van der Waals surface area contributed by atoms with Crippen LogP contribution in [0.25, 0.3) is 0 Å². The van der Waals surface area contributed by atoms with E-state index >= 15 is 0 Å². The molecule has 0 fully saturated rings. The molecular formula is C18H14F3N3O4. The molecule has 7 nitrogen and oxygen atoms in total. The number of aromatic nitrogens is 1. The van der Waals surface area contributed by atoms with Crippen molar-refractivity contribution in [2.75, 3.05) is 13.7 Å². The molecule has 1 aromatic carbocycles. The van der Waals surface area contributed by atoms with Gasteiger partial charge in [0.1, 0.15) is 0 Å². The highest BCUT2D eigenvalue weighted by molar-refractivity contribution is 6.21. The number of nitrogens with zero attached hydrogens (tertiary/aromatic N) is 2. The standard InChI is InChI=1S/C18H14F3N3O4/c1-24-16(26)12-5-4-10(7-13(12)17(24)27)14(25)23-8-11-3-2-6-22-15(11)28-9-18(19,20)21/h2-7H,8-9H2,1H3,(H,23,25). The fourth-order valence-corrected chi connectivity index (χ4v) is 2.62. The molecule has 28 heavy (non-hydrogen) atoms. The molecule has 10 heteroatoms. The van der Waals surface area contributed by atoms with E-state index in [1.165, 1.54) is 43.6 Å². The fourth-order valence-electron chi connectivity index (χ4n) is 2.62. The maximum absolute atomic E-state index is 12.4. The van der Waals surface area contributed by atoms with E-state index in [4.69, 9.17) is 0 Å². The number of amides is 3. The van der Waals surface area contributed by atoms with Crippen LogP contribution in [0.3, 0.4) is 0 Å². The number of hydrogen-bond acceptors (Lipinski definition) is 5. The van der Waals surface area contributed by atoms with E-state index < -0.39 is 30.5 Å². The minimum absolute atomic E-state index is 0.121. The van der Waals surface area contributed by atoms with E-state index in [2.05, 4.69) is 15.0 Å². The Morgan fingerprint density at radius 2 is 1.89 bits per heavy atom. The van der Waals surface area contributed by atoms with Gasteiger partial charge in [-0.05, 0) is 24.3 Å². The van der Waals surface area contributed by atoms with Crippen molar-refractivity contribution in [2.24, 2.45) is 0 Å². The van der Waals surface area contributed by atoms with Gasteiger partial charge in [-0.15, -0.1) is 0 Å². The normalized spacial score (nSPS) is 13.5. The SMILES string of the molecule is CN1C(=O)c2ccc(C(=O)NCc3cccnc3OCC(F)(F)F)cc2C1=O. The topological polar surface area (TPSA) is 88.6 Å². The Morgan fingerprint density at radius 1 is 1.18 bits per heavy atom. The van der Waals surface area contributed by atoms with E-state index in [0.29, 0.717) is 0 Å². The zero-order chi connectivity index (χ0) is 20.5. The molecule has 0 unspecified atom stereocenters. The van der Waals surface area contributed by atoms with Gasteiger partial charge in [0.05, 0.1) is 11.1 Å². The lowest BCUT2D eigenvalue weighted by Gasteiger charge is -2.12. The first kappa shape index (κ1) is 19.3. The van der Waals surface area contributed by atoms with Crippen LogP contribution in [0.1, 0.15) is 36.6 Å². The summed E-state index contributed by atoms with van der Waals surface area (Å²) < 4.78 is 41.6. The van der Waals surface area contributed by atoms with Gasteiger partial charge < -0.3 is 10.1 Å². The Hall–Kier alpha value is -3.43. The van der Waals surface area contributed by atoms with Crippen LogP contribution in [0.2, 0.25) is 0 Å². The molecular weight excluding hydrogens is 379 g/mol. The second-order valence-electron chi connectivity index (χ2n) is 5.98. The molecule has 3 amide bonds. The molecule has 0 radical (unpaired) electrons. The maximum Gasteiger partial charge on any atom is 0.422 e. The molecule has 1 aliphatic heterocycles. The van der Waals surface area contributed by atoms with Crippen molar-refractivity contribution in [3.63, 3.8) is 0 Å². The largest absolute Gasteiger partial charge is 0.468 e. The Bertz CT molecular complexity index is 959. The summed E-state index contributed by atoms with van der Waals surface area (Å²) in [6.07, 6.45) is -3.24. The summed E-state index contributed by atoms with van der Waals surface area (Å²) in [4.78, 5) is 40.9. The van der Waals surface area contributed by atoms with Crippen molar-refractivity contribution in [3.05, 3.63) is 58.8 Å². The van der Waals surface area contributed by atoms with Gasteiger partial charge in [-0.25, -0.2) is 4.98 Å². The number of pyridine rings is 1. The second-order valence-corrected chi connectivity index (χ2v) is 5.98. The maximum atomic E-state index is 12.4. The molecule has 0 saturated heterocycles. The third-order valence-electron chi connectivity index (χ3n) is 4.01. The van der Waals surface area contributed by atoms with Gasteiger partial charge in [-0.1, -0.05) is 6.07 Å². The van der Waals surface area contributed by atoms with Gasteiger partial charge >= 0.3 is 6.18 Å². The van der Waals surface area contributed by atoms with Gasteiger partial charge in [-0.2, -0.15) is 13.2 Å². The van der Waals surface area contributed by atoms with E-state index in [-0.39, 0.29) is 34.7 Å². The highest BCUT2D eigenvalue weighted by Gasteiger charge is 2.33. The molecule has 1 aliphatic rings. The Balaban J connectivity index is 1.71. The predicted molar refractivity (Wildman–Crippen MR) is 89.8 cm³/mol. The van der Waals surface area contributed by atoms with Gasteiger partial charge in [0.15, 0.2) is 6.61 Å². The fraction of sp³-hybridized carbons (Fsp3) is 0.222. The molecule has 2 heterocycles. The van der Waals surface area contributed by atoms with E-state index in [0.717, 1.165) is 4.90 Å². The number of ether oxygens (including phenoxy) is 1. The van der Waals surface area contributed by atoms with Crippen LogP contribution >= 0.6 is 0 Å². The number of hydrogen-bond donors (Lipinski definition) is 1. The second kappa shape index (κ2) is 7.29. The first-order valence-corrected chi connectivity index (χ1v) is 8.05. The molecule has 3 rings (SSSR count). The molecule has 146 valence electrons. The van der Waals surface area contributed by atoms with E-state index in [1.54, 1.807) is 0 Å². The number of alkyl halides is 3. The van der Waals surface area contributed by atoms with Crippen molar-refractivity contribution >= 4 is 17.7 Å². The number of fused-ring (bicyclic) bond motifs is 1. The quantitative estimate of drug-likeness (QED) is 0.787. The smallest absolute Gasteiger partial charge is 0.422 e. The first-order valence-electron chi connectivity index (χ1n) is 8.05. The van der Waals surface area contributed by atoms with Crippen molar-refractivity contribution in [2.45, 2.75) is 12.7 Å². The van der Waals surface area contributed by atoms with Crippen molar-refractivity contribution in [3.8, 4) is 5.88 Å². The summed E-state index contributed by atoms with van der Waals surface area (Å²) in [6.45, 7) is -1.64. The molecule has 0 aliphatic carbocycles. The third-order valence-corrected chi connectivity index (χ3v) is 4.01. The van der Waals surface area contributed by atoms with Crippen LogP contribution in [0, 0.1) is 0 Å². The zero-order valence-electron chi connectivity index (χ0n) is 14.5. The summed E-state index contributed by atoms with van der Waals surface area (Å²) in [7, 11) is 1.34. The van der Waals surface area contributed by atoms with Gasteiger partial charge in [-0.3, -0.25) is 19.3 Å². The van der Waals surface area contributed by atoms with Crippen molar-refractivity contribution in [1.82, 2.24) is 15.2 Å². The minimum Gasteiger partial charge on any atom is -0.468 e. The molecule has 0 saturated carbocycles. The number of benzene rings is 1. The first-order chi connectivity index (χ1) is 13.2. The van der Waals surface area contributed by atoms with E-state index in [1.807, 2.05) is 0 Å². The number of halogens is 3. The highest BCUT2D eigenvalue weighted by Crippen LogP contribution is 2.23. The average molecular weight is 393 g/mol. The molecule has 2 aromatic rings. The van der Waals surface area contributed by atoms with Crippen LogP contribution in [-0.2, 0) is 6.54 Å². The summed E-state index contributed by atoms with van der Waals surface area (Å²) >= 11 is 0. The van der Waals surface area contributed by atoms with Crippen LogP contribution in [0.4, 0.5) is 13.2 Å². The Kier molecular flexibility index (Phi) is 5.04. The Morgan fingerprint density at radius 3 is 2.61 bits per heavy atom. The summed E-state index contributed by atoms with van der Waals surface area (Å²) in [5.74, 6) is -1.77. The summed E-state index contributed by atoms with van der Waals surface area (Å²) in [5, 5.41) is 2.53. The van der Waals surface area contributed by atoms with Crippen LogP contribution in [0.15, 0.2) is 36.5 Å². The number of carbonyl (C=O) groups is 3. The van der Waals surface area contributed by atoms with Crippen LogP contribution < -0.4 is 10.1 Å². The summed E-state index contributed by atoms with van der Waals surface area (Å²) in [6, 6.07) is 7.05. The number of rotatable bonds is 5. The highest BCUT2D eigenvalue weighted by atomic mass is 19.4. The summed E-state index contributed by atoms with van der Waals surface area (Å²) in [5.41, 5.74) is 0.721. The Labute approximate surface area is 157 Å². The van der Waals surface area contributed by atoms with Crippen LogP contribution in [0.5, 0.6) is 5.88 Å². The minimum atomic E-state index is -4.51. The number of nitrogens with one attached hydrogen (secondary N) is 1. The van der Waals surface area contributed by atoms with Gasteiger partial charge in [0.2, 0.25) is 5.88 Å². The molecule has 0 spiro atoms. The molecule has 1 aromatic heterocycles. The van der Waals surface area contributed by atoms with Crippen molar-refractivity contribution in [1.29, 1.82) is 0 Å². The molecule has 0 bridgehead atoms. The van der Waals surface area contributed by atoms with Gasteiger partial charge in [0.25, 0.3) is 17.7 Å². The monoisotopic (exact) mass is 393 g/mol. The van der Waals surface area contributed by atoms with Gasteiger partial charge in [0, 0.05) is 30.9 Å². The molecule has 0 atom stereocenters. The third kappa shape index (κ3) is 3.95. The number of imide groups is 1. The zero-order valence-corrected chi connectivity index (χ0v) is 14.5. The van der Waals surface area contributed by atoms with Crippen LogP contribution in [-0.4, -0.2) is 47.4 Å². The lowest BCUT2D eigenvalue weighted by atomic mass is 10.1. The molecule has 1 N–H and O–H groups in total. The predicted octanol–water partition coefficient (Wildman–Crippen LogP) is 2.18. The van der Waals surface area contributed by atoms with Crippen molar-refractivity contribution < 1.29 is 32.3 Å². The number of carbonyl (C=O) groups excluding carboxylic acids is 3. The lowest BCUT2D eigenvalue weighted by Crippen LogP contribution is -2.25. The van der Waals surface area contributed by atoms with E-state index in [9.17, 15) is 27.6 Å².